The first-order valence-electron chi connectivity index (χ1n) is 8.72. The van der Waals surface area contributed by atoms with Gasteiger partial charge in [0.05, 0.1) is 32.2 Å². The molecule has 2 rings (SSSR count). The van der Waals surface area contributed by atoms with E-state index in [1.54, 1.807) is 25.3 Å². The number of sulfonamides is 1. The Morgan fingerprint density at radius 3 is 2.36 bits per heavy atom. The Hall–Kier alpha value is -2.74. The quantitative estimate of drug-likeness (QED) is 0.729. The van der Waals surface area contributed by atoms with Gasteiger partial charge in [-0.2, -0.15) is 0 Å². The number of aryl methyl sites for hydroxylation is 1. The van der Waals surface area contributed by atoms with Gasteiger partial charge < -0.3 is 14.8 Å². The Labute approximate surface area is 166 Å². The van der Waals surface area contributed by atoms with E-state index in [2.05, 4.69) is 5.32 Å². The summed E-state index contributed by atoms with van der Waals surface area (Å²) in [7, 11) is -0.693. The zero-order valence-electron chi connectivity index (χ0n) is 16.7. The number of benzene rings is 2. The Kier molecular flexibility index (Phi) is 6.90. The van der Waals surface area contributed by atoms with E-state index >= 15 is 0 Å². The monoisotopic (exact) mass is 406 g/mol. The molecule has 1 amide bonds. The van der Waals surface area contributed by atoms with E-state index in [0.717, 1.165) is 21.7 Å². The maximum absolute atomic E-state index is 12.6. The number of hydrogen-bond acceptors (Lipinski definition) is 5. The van der Waals surface area contributed by atoms with Crippen LogP contribution in [0.1, 0.15) is 24.1 Å². The van der Waals surface area contributed by atoms with Crippen LogP contribution in [0.3, 0.4) is 0 Å². The fourth-order valence-corrected chi connectivity index (χ4v) is 3.75. The van der Waals surface area contributed by atoms with Crippen LogP contribution in [0.2, 0.25) is 0 Å². The van der Waals surface area contributed by atoms with Gasteiger partial charge in [-0.05, 0) is 37.6 Å². The van der Waals surface area contributed by atoms with E-state index in [0.29, 0.717) is 17.2 Å². The first kappa shape index (κ1) is 21.6. The molecule has 28 heavy (non-hydrogen) atoms. The second-order valence-corrected chi connectivity index (χ2v) is 8.38. The van der Waals surface area contributed by atoms with E-state index in [4.69, 9.17) is 9.47 Å². The molecule has 1 N–H and O–H groups in total. The highest BCUT2D eigenvalue weighted by molar-refractivity contribution is 7.92. The molecule has 7 nitrogen and oxygen atoms in total. The molecule has 8 heteroatoms. The van der Waals surface area contributed by atoms with Crippen LogP contribution >= 0.6 is 0 Å². The predicted molar refractivity (Wildman–Crippen MR) is 109 cm³/mol. The van der Waals surface area contributed by atoms with Gasteiger partial charge in [-0.25, -0.2) is 8.42 Å². The molecule has 0 aliphatic carbocycles. The highest BCUT2D eigenvalue weighted by Gasteiger charge is 2.25. The molecule has 0 saturated heterocycles. The van der Waals surface area contributed by atoms with Crippen molar-refractivity contribution in [1.82, 2.24) is 5.32 Å². The van der Waals surface area contributed by atoms with Gasteiger partial charge in [0.15, 0.2) is 0 Å². The number of rotatable bonds is 8. The first-order chi connectivity index (χ1) is 13.2. The number of hydrogen-bond donors (Lipinski definition) is 1. The average molecular weight is 407 g/mol. The Bertz CT molecular complexity index is 943. The summed E-state index contributed by atoms with van der Waals surface area (Å²) in [5, 5.41) is 2.83. The number of nitrogens with zero attached hydrogens (tertiary/aromatic N) is 1. The molecule has 0 saturated carbocycles. The molecule has 0 unspecified atom stereocenters. The van der Waals surface area contributed by atoms with E-state index in [-0.39, 0.29) is 12.6 Å². The number of nitrogens with one attached hydrogen (secondary N) is 1. The van der Waals surface area contributed by atoms with Gasteiger partial charge in [0.2, 0.25) is 15.9 Å². The molecule has 0 bridgehead atoms. The lowest BCUT2D eigenvalue weighted by molar-refractivity contribution is -0.120. The van der Waals surface area contributed by atoms with Crippen LogP contribution in [-0.4, -0.2) is 41.3 Å². The number of methoxy groups -OCH3 is 2. The SMILES string of the molecule is COc1ccccc1[C@@H](C)NC(=O)CN(c1cc(C)ccc1OC)S(C)(=O)=O. The fourth-order valence-electron chi connectivity index (χ4n) is 2.90. The molecule has 0 aliphatic rings. The maximum Gasteiger partial charge on any atom is 0.241 e. The smallest absolute Gasteiger partial charge is 0.241 e. The number of carbonyl (C=O) groups is 1. The third-order valence-electron chi connectivity index (χ3n) is 4.27. The van der Waals surface area contributed by atoms with Crippen molar-refractivity contribution in [1.29, 1.82) is 0 Å². The van der Waals surface area contributed by atoms with Crippen molar-refractivity contribution >= 4 is 21.6 Å². The Morgan fingerprint density at radius 1 is 1.11 bits per heavy atom. The zero-order valence-corrected chi connectivity index (χ0v) is 17.5. The maximum atomic E-state index is 12.6. The number of para-hydroxylation sites is 1. The third kappa shape index (κ3) is 5.16. The summed E-state index contributed by atoms with van der Waals surface area (Å²) >= 11 is 0. The lowest BCUT2D eigenvalue weighted by Crippen LogP contribution is -2.41. The molecule has 0 spiro atoms. The molecule has 0 fully saturated rings. The summed E-state index contributed by atoms with van der Waals surface area (Å²) in [5.74, 6) is 0.588. The molecule has 0 aliphatic heterocycles. The highest BCUT2D eigenvalue weighted by atomic mass is 32.2. The summed E-state index contributed by atoms with van der Waals surface area (Å²) in [4.78, 5) is 12.6. The summed E-state index contributed by atoms with van der Waals surface area (Å²) in [6.07, 6.45) is 1.06. The lowest BCUT2D eigenvalue weighted by atomic mass is 10.1. The van der Waals surface area contributed by atoms with Gasteiger partial charge >= 0.3 is 0 Å². The summed E-state index contributed by atoms with van der Waals surface area (Å²) < 4.78 is 36.4. The Balaban J connectivity index is 2.26. The second kappa shape index (κ2) is 8.97. The van der Waals surface area contributed by atoms with E-state index in [1.165, 1.54) is 7.11 Å². The number of amides is 1. The van der Waals surface area contributed by atoms with Crippen LogP contribution in [0.4, 0.5) is 5.69 Å². The molecular weight excluding hydrogens is 380 g/mol. The van der Waals surface area contributed by atoms with Crippen LogP contribution in [0, 0.1) is 6.92 Å². The minimum atomic E-state index is -3.71. The van der Waals surface area contributed by atoms with Crippen molar-refractivity contribution in [2.45, 2.75) is 19.9 Å². The second-order valence-electron chi connectivity index (χ2n) is 6.48. The van der Waals surface area contributed by atoms with Crippen LogP contribution < -0.4 is 19.1 Å². The number of anilines is 1. The summed E-state index contributed by atoms with van der Waals surface area (Å²) in [6, 6.07) is 12.2. The van der Waals surface area contributed by atoms with Crippen LogP contribution in [0.25, 0.3) is 0 Å². The summed E-state index contributed by atoms with van der Waals surface area (Å²) in [6.45, 7) is 3.29. The minimum absolute atomic E-state index is 0.324. The van der Waals surface area contributed by atoms with Crippen molar-refractivity contribution in [3.63, 3.8) is 0 Å². The van der Waals surface area contributed by atoms with Crippen molar-refractivity contribution in [3.8, 4) is 11.5 Å². The van der Waals surface area contributed by atoms with E-state index in [1.807, 2.05) is 38.1 Å². The normalized spacial score (nSPS) is 12.2. The molecule has 152 valence electrons. The summed E-state index contributed by atoms with van der Waals surface area (Å²) in [5.41, 5.74) is 1.98. The van der Waals surface area contributed by atoms with Gasteiger partial charge in [-0.1, -0.05) is 24.3 Å². The van der Waals surface area contributed by atoms with Crippen LogP contribution in [0.5, 0.6) is 11.5 Å². The molecule has 0 aromatic heterocycles. The standard InChI is InChI=1S/C20H26N2O5S/c1-14-10-11-19(27-4)17(12-14)22(28(5,24)25)13-20(23)21-15(2)16-8-6-7-9-18(16)26-3/h6-12,15H,13H2,1-5H3,(H,21,23)/t15-/m1/s1. The van der Waals surface area contributed by atoms with E-state index in [9.17, 15) is 13.2 Å². The molecule has 0 radical (unpaired) electrons. The van der Waals surface area contributed by atoms with Crippen molar-refractivity contribution in [2.24, 2.45) is 0 Å². The van der Waals surface area contributed by atoms with Crippen LogP contribution in [-0.2, 0) is 14.8 Å². The molecule has 1 atom stereocenters. The van der Waals surface area contributed by atoms with Gasteiger partial charge in [-0.15, -0.1) is 0 Å². The Morgan fingerprint density at radius 2 is 1.75 bits per heavy atom. The first-order valence-corrected chi connectivity index (χ1v) is 10.6. The van der Waals surface area contributed by atoms with Crippen LogP contribution in [0.15, 0.2) is 42.5 Å². The topological polar surface area (TPSA) is 84.9 Å². The molecule has 2 aromatic rings. The third-order valence-corrected chi connectivity index (χ3v) is 5.40. The van der Waals surface area contributed by atoms with Crippen molar-refractivity contribution in [2.75, 3.05) is 31.3 Å². The van der Waals surface area contributed by atoms with Gasteiger partial charge in [0, 0.05) is 5.56 Å². The largest absolute Gasteiger partial charge is 0.496 e. The molecule has 2 aromatic carbocycles. The zero-order chi connectivity index (χ0) is 20.9. The van der Waals surface area contributed by atoms with Crippen molar-refractivity contribution < 1.29 is 22.7 Å². The minimum Gasteiger partial charge on any atom is -0.496 e. The number of carbonyl (C=O) groups excluding carboxylic acids is 1. The number of ether oxygens (including phenoxy) is 2. The predicted octanol–water partition coefficient (Wildman–Crippen LogP) is 2.66. The van der Waals surface area contributed by atoms with Gasteiger partial charge in [0.25, 0.3) is 0 Å². The van der Waals surface area contributed by atoms with Gasteiger partial charge in [-0.3, -0.25) is 9.10 Å². The van der Waals surface area contributed by atoms with E-state index < -0.39 is 15.9 Å². The fraction of sp³-hybridized carbons (Fsp3) is 0.350. The lowest BCUT2D eigenvalue weighted by Gasteiger charge is -2.25. The van der Waals surface area contributed by atoms with Crippen molar-refractivity contribution in [3.05, 3.63) is 53.6 Å². The van der Waals surface area contributed by atoms with Gasteiger partial charge in [0.1, 0.15) is 18.0 Å². The molecular formula is C20H26N2O5S. The molecule has 0 heterocycles. The average Bonchev–Trinajstić information content (AvgIpc) is 2.65. The highest BCUT2D eigenvalue weighted by Crippen LogP contribution is 2.31.